The summed E-state index contributed by atoms with van der Waals surface area (Å²) in [5, 5.41) is 5.90. The predicted octanol–water partition coefficient (Wildman–Crippen LogP) is 2.02. The molecule has 1 saturated carbocycles. The van der Waals surface area contributed by atoms with Crippen molar-refractivity contribution < 1.29 is 4.79 Å². The molecule has 0 saturated heterocycles. The van der Waals surface area contributed by atoms with Crippen molar-refractivity contribution in [1.29, 1.82) is 0 Å². The number of anilines is 1. The molecule has 0 bridgehead atoms. The van der Waals surface area contributed by atoms with E-state index in [2.05, 4.69) is 38.5 Å². The summed E-state index contributed by atoms with van der Waals surface area (Å²) in [7, 11) is 1.76. The van der Waals surface area contributed by atoms with E-state index in [9.17, 15) is 4.79 Å². The van der Waals surface area contributed by atoms with Crippen molar-refractivity contribution in [2.75, 3.05) is 12.4 Å². The van der Waals surface area contributed by atoms with Gasteiger partial charge in [-0.2, -0.15) is 0 Å². The molecule has 1 aromatic rings. The van der Waals surface area contributed by atoms with Gasteiger partial charge in [-0.05, 0) is 34.3 Å². The molecule has 1 aliphatic carbocycles. The molecule has 1 amide bonds. The lowest BCUT2D eigenvalue weighted by atomic mass is 10.2. The third-order valence-corrected chi connectivity index (χ3v) is 3.20. The molecule has 86 valence electrons. The van der Waals surface area contributed by atoms with E-state index in [-0.39, 0.29) is 5.91 Å². The van der Waals surface area contributed by atoms with Crippen LogP contribution >= 0.6 is 15.9 Å². The maximum absolute atomic E-state index is 12.0. The van der Waals surface area contributed by atoms with E-state index in [0.717, 1.165) is 10.9 Å². The van der Waals surface area contributed by atoms with E-state index in [1.165, 1.54) is 0 Å². The summed E-state index contributed by atoms with van der Waals surface area (Å²) < 4.78 is 0.806. The van der Waals surface area contributed by atoms with Gasteiger partial charge in [0, 0.05) is 23.8 Å². The predicted molar refractivity (Wildman–Crippen MR) is 66.5 cm³/mol. The number of hydrogen-bond donors (Lipinski definition) is 2. The first kappa shape index (κ1) is 11.4. The third-order valence-electron chi connectivity index (χ3n) is 2.76. The lowest BCUT2D eigenvalue weighted by Crippen LogP contribution is -2.27. The first-order valence-corrected chi connectivity index (χ1v) is 6.05. The molecule has 4 nitrogen and oxygen atoms in total. The Balaban J connectivity index is 2.17. The normalized spacial score (nSPS) is 22.7. The van der Waals surface area contributed by atoms with Gasteiger partial charge in [-0.15, -0.1) is 0 Å². The van der Waals surface area contributed by atoms with Crippen LogP contribution in [0.3, 0.4) is 0 Å². The maximum Gasteiger partial charge on any atom is 0.255 e. The number of rotatable bonds is 3. The molecular formula is C11H14BrN3O. The Morgan fingerprint density at radius 1 is 1.62 bits per heavy atom. The van der Waals surface area contributed by atoms with Crippen molar-refractivity contribution in [3.8, 4) is 0 Å². The molecule has 0 aromatic carbocycles. The fourth-order valence-corrected chi connectivity index (χ4v) is 1.91. The fourth-order valence-electron chi connectivity index (χ4n) is 1.58. The van der Waals surface area contributed by atoms with E-state index in [1.54, 1.807) is 19.3 Å². The van der Waals surface area contributed by atoms with Crippen LogP contribution in [0.25, 0.3) is 0 Å². The van der Waals surface area contributed by atoms with Crippen molar-refractivity contribution in [3.63, 3.8) is 0 Å². The Bertz CT molecular complexity index is 422. The van der Waals surface area contributed by atoms with Crippen LogP contribution in [0.15, 0.2) is 16.7 Å². The zero-order chi connectivity index (χ0) is 11.7. The number of carbonyl (C=O) groups excluding carboxylic acids is 1. The summed E-state index contributed by atoms with van der Waals surface area (Å²) in [6.07, 6.45) is 2.74. The summed E-state index contributed by atoms with van der Waals surface area (Å²) >= 11 is 3.32. The molecule has 2 atom stereocenters. The number of nitrogens with zero attached hydrogens (tertiary/aromatic N) is 1. The quantitative estimate of drug-likeness (QED) is 0.893. The van der Waals surface area contributed by atoms with Gasteiger partial charge in [-0.25, -0.2) is 4.98 Å². The Hall–Kier alpha value is -1.10. The highest BCUT2D eigenvalue weighted by Crippen LogP contribution is 2.29. The Morgan fingerprint density at radius 3 is 2.88 bits per heavy atom. The van der Waals surface area contributed by atoms with E-state index < -0.39 is 0 Å². The van der Waals surface area contributed by atoms with Crippen LogP contribution in [0.4, 0.5) is 5.82 Å². The number of carbonyl (C=O) groups is 1. The van der Waals surface area contributed by atoms with Gasteiger partial charge in [-0.1, -0.05) is 6.92 Å². The van der Waals surface area contributed by atoms with Crippen LogP contribution in [-0.2, 0) is 0 Å². The lowest BCUT2D eigenvalue weighted by molar-refractivity contribution is 0.0950. The molecule has 1 aromatic heterocycles. The van der Waals surface area contributed by atoms with Crippen molar-refractivity contribution in [1.82, 2.24) is 10.3 Å². The minimum atomic E-state index is -0.0625. The minimum Gasteiger partial charge on any atom is -0.372 e. The molecular weight excluding hydrogens is 270 g/mol. The molecule has 2 N–H and O–H groups in total. The zero-order valence-corrected chi connectivity index (χ0v) is 10.8. The second kappa shape index (κ2) is 4.41. The molecule has 0 spiro atoms. The second-order valence-corrected chi connectivity index (χ2v) is 5.01. The van der Waals surface area contributed by atoms with Crippen LogP contribution < -0.4 is 10.6 Å². The molecule has 1 heterocycles. The highest BCUT2D eigenvalue weighted by Gasteiger charge is 2.34. The Labute approximate surface area is 103 Å². The number of hydrogen-bond acceptors (Lipinski definition) is 3. The smallest absolute Gasteiger partial charge is 0.255 e. The molecule has 5 heteroatoms. The monoisotopic (exact) mass is 283 g/mol. The summed E-state index contributed by atoms with van der Waals surface area (Å²) in [5.74, 6) is 1.14. The fraction of sp³-hybridized carbons (Fsp3) is 0.455. The Morgan fingerprint density at radius 2 is 2.31 bits per heavy atom. The summed E-state index contributed by atoms with van der Waals surface area (Å²) in [5.41, 5.74) is 0.580. The number of nitrogens with one attached hydrogen (secondary N) is 2. The van der Waals surface area contributed by atoms with E-state index in [4.69, 9.17) is 0 Å². The van der Waals surface area contributed by atoms with Gasteiger partial charge in [0.15, 0.2) is 0 Å². The largest absolute Gasteiger partial charge is 0.372 e. The second-order valence-electron chi connectivity index (χ2n) is 4.09. The summed E-state index contributed by atoms with van der Waals surface area (Å²) in [4.78, 5) is 16.1. The van der Waals surface area contributed by atoms with E-state index in [1.807, 2.05) is 0 Å². The van der Waals surface area contributed by atoms with E-state index in [0.29, 0.717) is 23.3 Å². The number of amides is 1. The van der Waals surface area contributed by atoms with Crippen LogP contribution in [0.1, 0.15) is 23.7 Å². The van der Waals surface area contributed by atoms with Crippen molar-refractivity contribution in [3.05, 3.63) is 22.3 Å². The standard InChI is InChI=1S/C11H14BrN3O/c1-6-3-9(6)15-11(16)8-4-7(12)5-14-10(8)13-2/h4-6,9H,3H2,1-2H3,(H,13,14)(H,15,16). The molecule has 16 heavy (non-hydrogen) atoms. The van der Waals surface area contributed by atoms with Crippen molar-refractivity contribution >= 4 is 27.7 Å². The van der Waals surface area contributed by atoms with Crippen LogP contribution in [0, 0.1) is 5.92 Å². The number of halogens is 1. The highest BCUT2D eigenvalue weighted by atomic mass is 79.9. The molecule has 0 radical (unpaired) electrons. The van der Waals surface area contributed by atoms with Gasteiger partial charge < -0.3 is 10.6 Å². The molecule has 2 rings (SSSR count). The minimum absolute atomic E-state index is 0.0625. The zero-order valence-electron chi connectivity index (χ0n) is 9.25. The van der Waals surface area contributed by atoms with Crippen LogP contribution in [-0.4, -0.2) is 24.0 Å². The van der Waals surface area contributed by atoms with Gasteiger partial charge in [0.2, 0.25) is 0 Å². The molecule has 1 aliphatic rings. The van der Waals surface area contributed by atoms with Gasteiger partial charge in [-0.3, -0.25) is 4.79 Å². The summed E-state index contributed by atoms with van der Waals surface area (Å²) in [6, 6.07) is 2.11. The molecule has 0 aliphatic heterocycles. The Kier molecular flexibility index (Phi) is 3.14. The highest BCUT2D eigenvalue weighted by molar-refractivity contribution is 9.10. The first-order valence-electron chi connectivity index (χ1n) is 5.26. The van der Waals surface area contributed by atoms with Gasteiger partial charge in [0.05, 0.1) is 5.56 Å². The summed E-state index contributed by atoms with van der Waals surface area (Å²) in [6.45, 7) is 2.13. The lowest BCUT2D eigenvalue weighted by Gasteiger charge is -2.08. The van der Waals surface area contributed by atoms with Gasteiger partial charge in [0.1, 0.15) is 5.82 Å². The van der Waals surface area contributed by atoms with Gasteiger partial charge in [0.25, 0.3) is 5.91 Å². The van der Waals surface area contributed by atoms with Crippen molar-refractivity contribution in [2.24, 2.45) is 5.92 Å². The average Bonchev–Trinajstić information content (AvgIpc) is 2.94. The first-order chi connectivity index (χ1) is 7.61. The average molecular weight is 284 g/mol. The molecule has 2 unspecified atom stereocenters. The van der Waals surface area contributed by atoms with Crippen LogP contribution in [0.2, 0.25) is 0 Å². The molecule has 1 fully saturated rings. The number of aromatic nitrogens is 1. The number of pyridine rings is 1. The van der Waals surface area contributed by atoms with Crippen molar-refractivity contribution in [2.45, 2.75) is 19.4 Å². The third kappa shape index (κ3) is 2.35. The van der Waals surface area contributed by atoms with Crippen LogP contribution in [0.5, 0.6) is 0 Å². The maximum atomic E-state index is 12.0. The van der Waals surface area contributed by atoms with E-state index >= 15 is 0 Å². The topological polar surface area (TPSA) is 54.0 Å². The van der Waals surface area contributed by atoms with Gasteiger partial charge >= 0.3 is 0 Å². The SMILES string of the molecule is CNc1ncc(Br)cc1C(=O)NC1CC1C.